The molecule has 34 heavy (non-hydrogen) atoms. The Morgan fingerprint density at radius 1 is 0.912 bits per heavy atom. The largest absolute Gasteiger partial charge is 0.350 e. The van der Waals surface area contributed by atoms with Gasteiger partial charge in [-0.2, -0.15) is 0 Å². The van der Waals surface area contributed by atoms with Gasteiger partial charge in [0.1, 0.15) is 11.9 Å². The van der Waals surface area contributed by atoms with Gasteiger partial charge in [-0.25, -0.2) is 4.39 Å². The Morgan fingerprint density at radius 3 is 2.21 bits per heavy atom. The van der Waals surface area contributed by atoms with Crippen LogP contribution in [0, 0.1) is 12.7 Å². The van der Waals surface area contributed by atoms with E-state index in [2.05, 4.69) is 5.32 Å². The molecule has 0 radical (unpaired) electrons. The van der Waals surface area contributed by atoms with Gasteiger partial charge in [-0.3, -0.25) is 9.59 Å². The van der Waals surface area contributed by atoms with E-state index < -0.39 is 17.4 Å². The average Bonchev–Trinajstić information content (AvgIpc) is 2.77. The second-order valence-electron chi connectivity index (χ2n) is 9.72. The molecule has 0 saturated carbocycles. The lowest BCUT2D eigenvalue weighted by Gasteiger charge is -2.34. The lowest BCUT2D eigenvalue weighted by atomic mass is 9.99. The lowest BCUT2D eigenvalue weighted by Crippen LogP contribution is -2.54. The summed E-state index contributed by atoms with van der Waals surface area (Å²) in [7, 11) is 0. The number of nitrogens with one attached hydrogen (secondary N) is 1. The summed E-state index contributed by atoms with van der Waals surface area (Å²) in [5.41, 5.74) is 2.74. The van der Waals surface area contributed by atoms with Crippen LogP contribution in [0.4, 0.5) is 4.39 Å². The van der Waals surface area contributed by atoms with Gasteiger partial charge in [0.2, 0.25) is 11.8 Å². The highest BCUT2D eigenvalue weighted by Crippen LogP contribution is 2.19. The molecule has 0 fully saturated rings. The molecular weight excluding hydrogens is 427 g/mol. The normalized spacial score (nSPS) is 12.1. The molecule has 1 N–H and O–H groups in total. The summed E-state index contributed by atoms with van der Waals surface area (Å²) < 4.78 is 14.6. The predicted molar refractivity (Wildman–Crippen MR) is 134 cm³/mol. The van der Waals surface area contributed by atoms with Crippen LogP contribution in [0.3, 0.4) is 0 Å². The number of benzene rings is 3. The van der Waals surface area contributed by atoms with Crippen molar-refractivity contribution in [3.05, 3.63) is 107 Å². The third-order valence-electron chi connectivity index (χ3n) is 5.51. The minimum atomic E-state index is -0.793. The second kappa shape index (κ2) is 11.1. The van der Waals surface area contributed by atoms with E-state index in [9.17, 15) is 14.0 Å². The highest BCUT2D eigenvalue weighted by atomic mass is 19.1. The lowest BCUT2D eigenvalue weighted by molar-refractivity contribution is -0.141. The standard InChI is InChI=1S/C29H33FN2O2/c1-21-11-10-14-23(17-21)19-27(33)32(20-24-15-8-9-16-25(24)30)26(28(34)31-29(2,3)4)18-22-12-6-5-7-13-22/h5-17,26H,18-20H2,1-4H3,(H,31,34)/t26-/m0/s1. The first-order valence-electron chi connectivity index (χ1n) is 11.6. The Morgan fingerprint density at radius 2 is 1.56 bits per heavy atom. The molecule has 5 heteroatoms. The van der Waals surface area contributed by atoms with Crippen LogP contribution in [0.1, 0.15) is 43.0 Å². The molecule has 1 atom stereocenters. The van der Waals surface area contributed by atoms with Crippen molar-refractivity contribution in [2.24, 2.45) is 0 Å². The van der Waals surface area contributed by atoms with E-state index in [0.717, 1.165) is 16.7 Å². The summed E-state index contributed by atoms with van der Waals surface area (Å²) >= 11 is 0. The summed E-state index contributed by atoms with van der Waals surface area (Å²) in [6, 6.07) is 22.9. The molecule has 2 amide bonds. The number of aryl methyl sites for hydroxylation is 1. The minimum Gasteiger partial charge on any atom is -0.350 e. The fourth-order valence-electron chi connectivity index (χ4n) is 3.92. The molecule has 0 aliphatic rings. The topological polar surface area (TPSA) is 49.4 Å². The van der Waals surface area contributed by atoms with E-state index in [-0.39, 0.29) is 24.8 Å². The van der Waals surface area contributed by atoms with E-state index in [4.69, 9.17) is 0 Å². The van der Waals surface area contributed by atoms with Gasteiger partial charge in [0.25, 0.3) is 0 Å². The third kappa shape index (κ3) is 7.27. The quantitative estimate of drug-likeness (QED) is 0.500. The first kappa shape index (κ1) is 25.2. The zero-order chi connectivity index (χ0) is 24.7. The van der Waals surface area contributed by atoms with E-state index in [1.165, 1.54) is 11.0 Å². The summed E-state index contributed by atoms with van der Waals surface area (Å²) in [4.78, 5) is 28.7. The van der Waals surface area contributed by atoms with Crippen molar-refractivity contribution in [1.29, 1.82) is 0 Å². The maximum absolute atomic E-state index is 14.6. The van der Waals surface area contributed by atoms with Crippen molar-refractivity contribution in [3.8, 4) is 0 Å². The highest BCUT2D eigenvalue weighted by Gasteiger charge is 2.32. The van der Waals surface area contributed by atoms with Gasteiger partial charge in [0.15, 0.2) is 0 Å². The molecule has 0 bridgehead atoms. The molecule has 4 nitrogen and oxygen atoms in total. The molecule has 0 aliphatic heterocycles. The number of hydrogen-bond acceptors (Lipinski definition) is 2. The van der Waals surface area contributed by atoms with Gasteiger partial charge in [0, 0.05) is 24.1 Å². The first-order chi connectivity index (χ1) is 16.1. The Hall–Kier alpha value is -3.47. The molecule has 0 aromatic heterocycles. The van der Waals surface area contributed by atoms with Crippen LogP contribution in [0.5, 0.6) is 0 Å². The molecule has 0 heterocycles. The fourth-order valence-corrected chi connectivity index (χ4v) is 3.92. The summed E-state index contributed by atoms with van der Waals surface area (Å²) in [6.45, 7) is 7.69. The number of carbonyl (C=O) groups is 2. The Bertz CT molecular complexity index is 1120. The van der Waals surface area contributed by atoms with Gasteiger partial charge < -0.3 is 10.2 Å². The summed E-state index contributed by atoms with van der Waals surface area (Å²) in [5.74, 6) is -0.880. The molecule has 3 aromatic rings. The number of rotatable bonds is 8. The van der Waals surface area contributed by atoms with Crippen LogP contribution in [0.2, 0.25) is 0 Å². The number of halogens is 1. The van der Waals surface area contributed by atoms with Gasteiger partial charge in [-0.1, -0.05) is 78.4 Å². The maximum atomic E-state index is 14.6. The van der Waals surface area contributed by atoms with E-state index >= 15 is 0 Å². The Kier molecular flexibility index (Phi) is 8.21. The molecule has 0 spiro atoms. The Balaban J connectivity index is 2.00. The maximum Gasteiger partial charge on any atom is 0.243 e. The number of nitrogens with zero attached hydrogens (tertiary/aromatic N) is 1. The van der Waals surface area contributed by atoms with Crippen LogP contribution in [0.15, 0.2) is 78.9 Å². The highest BCUT2D eigenvalue weighted by molar-refractivity contribution is 5.89. The van der Waals surface area contributed by atoms with Crippen molar-refractivity contribution in [3.63, 3.8) is 0 Å². The van der Waals surface area contributed by atoms with Gasteiger partial charge >= 0.3 is 0 Å². The van der Waals surface area contributed by atoms with E-state index in [1.54, 1.807) is 18.2 Å². The fraction of sp³-hybridized carbons (Fsp3) is 0.310. The third-order valence-corrected chi connectivity index (χ3v) is 5.51. The van der Waals surface area contributed by atoms with Crippen LogP contribution >= 0.6 is 0 Å². The van der Waals surface area contributed by atoms with Crippen LogP contribution in [-0.4, -0.2) is 28.3 Å². The number of amides is 2. The van der Waals surface area contributed by atoms with Gasteiger partial charge in [-0.15, -0.1) is 0 Å². The molecule has 0 aliphatic carbocycles. The zero-order valence-electron chi connectivity index (χ0n) is 20.3. The monoisotopic (exact) mass is 460 g/mol. The smallest absolute Gasteiger partial charge is 0.243 e. The minimum absolute atomic E-state index is 0.00633. The van der Waals surface area contributed by atoms with Gasteiger partial charge in [0.05, 0.1) is 6.42 Å². The van der Waals surface area contributed by atoms with Crippen molar-refractivity contribution in [2.75, 3.05) is 0 Å². The van der Waals surface area contributed by atoms with Crippen molar-refractivity contribution in [2.45, 2.75) is 58.7 Å². The van der Waals surface area contributed by atoms with E-state index in [1.807, 2.05) is 82.3 Å². The number of carbonyl (C=O) groups excluding carboxylic acids is 2. The molecule has 0 saturated heterocycles. The molecule has 3 aromatic carbocycles. The molecule has 3 rings (SSSR count). The summed E-state index contributed by atoms with van der Waals surface area (Å²) in [5, 5.41) is 3.02. The number of hydrogen-bond donors (Lipinski definition) is 1. The van der Waals surface area contributed by atoms with Crippen LogP contribution in [-0.2, 0) is 29.0 Å². The predicted octanol–water partition coefficient (Wildman–Crippen LogP) is 5.23. The Labute approximate surface area is 201 Å². The molecule has 0 unspecified atom stereocenters. The molecular formula is C29H33FN2O2. The van der Waals surface area contributed by atoms with Crippen molar-refractivity contribution >= 4 is 11.8 Å². The molecule has 178 valence electrons. The first-order valence-corrected chi connectivity index (χ1v) is 11.6. The van der Waals surface area contributed by atoms with Crippen molar-refractivity contribution < 1.29 is 14.0 Å². The van der Waals surface area contributed by atoms with Crippen molar-refractivity contribution in [1.82, 2.24) is 10.2 Å². The van der Waals surface area contributed by atoms with Crippen LogP contribution < -0.4 is 5.32 Å². The van der Waals surface area contributed by atoms with Crippen LogP contribution in [0.25, 0.3) is 0 Å². The second-order valence-corrected chi connectivity index (χ2v) is 9.72. The van der Waals surface area contributed by atoms with E-state index in [0.29, 0.717) is 12.0 Å². The SMILES string of the molecule is Cc1cccc(CC(=O)N(Cc2ccccc2F)[C@@H](Cc2ccccc2)C(=O)NC(C)(C)C)c1. The summed E-state index contributed by atoms with van der Waals surface area (Å²) in [6.07, 6.45) is 0.459. The van der Waals surface area contributed by atoms with Gasteiger partial charge in [-0.05, 0) is 44.9 Å². The average molecular weight is 461 g/mol. The zero-order valence-corrected chi connectivity index (χ0v) is 20.3.